The molecule has 1 saturated carbocycles. The molecular weight excluding hydrogens is 263 g/mol. The van der Waals surface area contributed by atoms with Gasteiger partial charge in [0.2, 0.25) is 0 Å². The number of benzene rings is 1. The lowest BCUT2D eigenvalue weighted by atomic mass is 10.2. The molecule has 92 valence electrons. The van der Waals surface area contributed by atoms with Crippen LogP contribution in [0.25, 0.3) is 0 Å². The molecule has 17 heavy (non-hydrogen) atoms. The molecule has 3 nitrogen and oxygen atoms in total. The van der Waals surface area contributed by atoms with Crippen molar-refractivity contribution in [1.29, 1.82) is 0 Å². The van der Waals surface area contributed by atoms with Crippen molar-refractivity contribution < 1.29 is 14.6 Å². The fourth-order valence-corrected chi connectivity index (χ4v) is 2.22. The Balaban J connectivity index is 1.81. The Labute approximate surface area is 109 Å². The maximum atomic E-state index is 10.6. The molecule has 1 fully saturated rings. The van der Waals surface area contributed by atoms with Crippen LogP contribution >= 0.6 is 23.2 Å². The van der Waals surface area contributed by atoms with E-state index in [9.17, 15) is 4.79 Å². The van der Waals surface area contributed by atoms with E-state index in [0.29, 0.717) is 29.7 Å². The second kappa shape index (κ2) is 5.25. The van der Waals surface area contributed by atoms with E-state index in [2.05, 4.69) is 0 Å². The monoisotopic (exact) mass is 274 g/mol. The first-order chi connectivity index (χ1) is 8.09. The summed E-state index contributed by atoms with van der Waals surface area (Å²) in [5.41, 5.74) is 0.753. The summed E-state index contributed by atoms with van der Waals surface area (Å²) in [6, 6.07) is 5.28. The average Bonchev–Trinajstić information content (AvgIpc) is 3.02. The Morgan fingerprint density at radius 2 is 2.06 bits per heavy atom. The van der Waals surface area contributed by atoms with Crippen LogP contribution in [0.4, 0.5) is 0 Å². The molecule has 0 radical (unpaired) electrons. The molecule has 0 saturated heterocycles. The third-order valence-corrected chi connectivity index (χ3v) is 3.59. The molecule has 0 amide bonds. The van der Waals surface area contributed by atoms with Gasteiger partial charge in [-0.15, -0.1) is 0 Å². The number of carboxylic acids is 1. The van der Waals surface area contributed by atoms with Gasteiger partial charge in [-0.25, -0.2) is 0 Å². The van der Waals surface area contributed by atoms with Crippen LogP contribution in [0.3, 0.4) is 0 Å². The summed E-state index contributed by atoms with van der Waals surface area (Å²) in [5, 5.41) is 9.88. The number of rotatable bonds is 5. The molecule has 0 bridgehead atoms. The highest BCUT2D eigenvalue weighted by Gasteiger charge is 2.43. The largest absolute Gasteiger partial charge is 0.481 e. The van der Waals surface area contributed by atoms with Crippen molar-refractivity contribution in [3.63, 3.8) is 0 Å². The van der Waals surface area contributed by atoms with Gasteiger partial charge in [0.15, 0.2) is 0 Å². The zero-order chi connectivity index (χ0) is 12.4. The predicted octanol–water partition coefficient (Wildman–Crippen LogP) is 3.23. The number of ether oxygens (including phenoxy) is 1. The van der Waals surface area contributed by atoms with Crippen molar-refractivity contribution in [3.05, 3.63) is 33.8 Å². The Morgan fingerprint density at radius 3 is 2.59 bits per heavy atom. The van der Waals surface area contributed by atoms with E-state index in [-0.39, 0.29) is 11.8 Å². The maximum Gasteiger partial charge on any atom is 0.306 e. The maximum absolute atomic E-state index is 10.6. The molecule has 1 aliphatic carbocycles. The van der Waals surface area contributed by atoms with Crippen molar-refractivity contribution >= 4 is 29.2 Å². The lowest BCUT2D eigenvalue weighted by Crippen LogP contribution is -2.04. The van der Waals surface area contributed by atoms with Crippen LogP contribution in [0.5, 0.6) is 0 Å². The number of hydrogen-bond acceptors (Lipinski definition) is 2. The minimum absolute atomic E-state index is 0.133. The number of halogens is 2. The Kier molecular flexibility index (Phi) is 3.92. The SMILES string of the molecule is O=C(O)C1CC1COCc1c(Cl)cccc1Cl. The standard InChI is InChI=1S/C12H12Cl2O3/c13-10-2-1-3-11(14)9(10)6-17-5-7-4-8(7)12(15)16/h1-3,7-8H,4-6H2,(H,15,16). The van der Waals surface area contributed by atoms with Gasteiger partial charge < -0.3 is 9.84 Å². The van der Waals surface area contributed by atoms with Gasteiger partial charge in [0.25, 0.3) is 0 Å². The smallest absolute Gasteiger partial charge is 0.306 e. The van der Waals surface area contributed by atoms with Crippen molar-refractivity contribution in [1.82, 2.24) is 0 Å². The minimum Gasteiger partial charge on any atom is -0.481 e. The van der Waals surface area contributed by atoms with Crippen molar-refractivity contribution in [3.8, 4) is 0 Å². The van der Waals surface area contributed by atoms with Gasteiger partial charge in [-0.05, 0) is 24.5 Å². The van der Waals surface area contributed by atoms with Gasteiger partial charge in [-0.2, -0.15) is 0 Å². The van der Waals surface area contributed by atoms with E-state index >= 15 is 0 Å². The Bertz CT molecular complexity index is 414. The van der Waals surface area contributed by atoms with Gasteiger partial charge in [-0.1, -0.05) is 29.3 Å². The van der Waals surface area contributed by atoms with Crippen LogP contribution in [0.1, 0.15) is 12.0 Å². The highest BCUT2D eigenvalue weighted by Crippen LogP contribution is 2.39. The molecular formula is C12H12Cl2O3. The number of carbonyl (C=O) groups is 1. The third kappa shape index (κ3) is 3.12. The van der Waals surface area contributed by atoms with Crippen molar-refractivity contribution in [2.24, 2.45) is 11.8 Å². The van der Waals surface area contributed by atoms with Crippen molar-refractivity contribution in [2.75, 3.05) is 6.61 Å². The number of carboxylic acid groups (broad SMARTS) is 1. The molecule has 0 spiro atoms. The van der Waals surface area contributed by atoms with Gasteiger partial charge >= 0.3 is 5.97 Å². The second-order valence-corrected chi connectivity index (χ2v) is 4.97. The van der Waals surface area contributed by atoms with Crippen LogP contribution in [-0.4, -0.2) is 17.7 Å². The summed E-state index contributed by atoms with van der Waals surface area (Å²) in [7, 11) is 0. The molecule has 2 atom stereocenters. The van der Waals surface area contributed by atoms with E-state index in [1.54, 1.807) is 18.2 Å². The fourth-order valence-electron chi connectivity index (χ4n) is 1.72. The normalized spacial score (nSPS) is 22.5. The summed E-state index contributed by atoms with van der Waals surface area (Å²) in [5.74, 6) is -0.847. The topological polar surface area (TPSA) is 46.5 Å². The second-order valence-electron chi connectivity index (χ2n) is 4.16. The zero-order valence-electron chi connectivity index (χ0n) is 9.03. The molecule has 1 N–H and O–H groups in total. The van der Waals surface area contributed by atoms with E-state index in [1.807, 2.05) is 0 Å². The molecule has 1 aromatic carbocycles. The van der Waals surface area contributed by atoms with Crippen LogP contribution in [0.15, 0.2) is 18.2 Å². The lowest BCUT2D eigenvalue weighted by molar-refractivity contribution is -0.139. The first-order valence-electron chi connectivity index (χ1n) is 5.33. The molecule has 5 heteroatoms. The quantitative estimate of drug-likeness (QED) is 0.897. The highest BCUT2D eigenvalue weighted by atomic mass is 35.5. The summed E-state index contributed by atoms with van der Waals surface area (Å²) >= 11 is 12.0. The van der Waals surface area contributed by atoms with Gasteiger partial charge in [0, 0.05) is 15.6 Å². The lowest BCUT2D eigenvalue weighted by Gasteiger charge is -2.07. The number of aliphatic carboxylic acids is 1. The van der Waals surface area contributed by atoms with E-state index in [0.717, 1.165) is 5.56 Å². The van der Waals surface area contributed by atoms with E-state index in [4.69, 9.17) is 33.0 Å². The van der Waals surface area contributed by atoms with Gasteiger partial charge in [-0.3, -0.25) is 4.79 Å². The Hall–Kier alpha value is -0.770. The van der Waals surface area contributed by atoms with Gasteiger partial charge in [0.05, 0.1) is 19.1 Å². The first-order valence-corrected chi connectivity index (χ1v) is 6.08. The van der Waals surface area contributed by atoms with Crippen LogP contribution in [0, 0.1) is 11.8 Å². The molecule has 2 unspecified atom stereocenters. The number of hydrogen-bond donors (Lipinski definition) is 1. The highest BCUT2D eigenvalue weighted by molar-refractivity contribution is 6.35. The van der Waals surface area contributed by atoms with E-state index in [1.165, 1.54) is 0 Å². The molecule has 2 rings (SSSR count). The van der Waals surface area contributed by atoms with Crippen LogP contribution < -0.4 is 0 Å². The molecule has 0 aromatic heterocycles. The first kappa shape index (κ1) is 12.7. The minimum atomic E-state index is -0.741. The van der Waals surface area contributed by atoms with Gasteiger partial charge in [0.1, 0.15) is 0 Å². The molecule has 0 heterocycles. The molecule has 1 aromatic rings. The predicted molar refractivity (Wildman–Crippen MR) is 65.4 cm³/mol. The summed E-state index contributed by atoms with van der Waals surface area (Å²) in [6.45, 7) is 0.764. The Morgan fingerprint density at radius 1 is 1.41 bits per heavy atom. The third-order valence-electron chi connectivity index (χ3n) is 2.88. The van der Waals surface area contributed by atoms with Crippen molar-refractivity contribution in [2.45, 2.75) is 13.0 Å². The average molecular weight is 275 g/mol. The summed E-state index contributed by atoms with van der Waals surface area (Å²) < 4.78 is 5.45. The molecule has 1 aliphatic rings. The summed E-state index contributed by atoms with van der Waals surface area (Å²) in [6.07, 6.45) is 0.700. The molecule has 0 aliphatic heterocycles. The zero-order valence-corrected chi connectivity index (χ0v) is 10.5. The van der Waals surface area contributed by atoms with Crippen LogP contribution in [0.2, 0.25) is 10.0 Å². The fraction of sp³-hybridized carbons (Fsp3) is 0.417. The summed E-state index contributed by atoms with van der Waals surface area (Å²) in [4.78, 5) is 10.6. The van der Waals surface area contributed by atoms with E-state index < -0.39 is 5.97 Å². The van der Waals surface area contributed by atoms with Crippen LogP contribution in [-0.2, 0) is 16.1 Å².